The van der Waals surface area contributed by atoms with Crippen LogP contribution in [0, 0.1) is 0 Å². The first-order valence-corrected chi connectivity index (χ1v) is 10.3. The second kappa shape index (κ2) is 8.66. The first-order valence-electron chi connectivity index (χ1n) is 10.3. The largest absolute Gasteiger partial charge is 0.478 e. The van der Waals surface area contributed by atoms with E-state index in [1.807, 2.05) is 31.2 Å². The SMILES string of the molecule is CC[C@@H]1Oc2ccccc2N(CC(=O)NCCN2CCc3ccccc3C2)C1=O. The smallest absolute Gasteiger partial charge is 0.268 e. The Hall–Kier alpha value is -2.86. The van der Waals surface area contributed by atoms with Crippen LogP contribution in [0.4, 0.5) is 5.69 Å². The summed E-state index contributed by atoms with van der Waals surface area (Å²) in [6.07, 6.45) is 1.08. The highest BCUT2D eigenvalue weighted by molar-refractivity contribution is 6.03. The molecule has 152 valence electrons. The van der Waals surface area contributed by atoms with E-state index in [4.69, 9.17) is 4.74 Å². The number of carbonyl (C=O) groups is 2. The van der Waals surface area contributed by atoms with Gasteiger partial charge in [0.1, 0.15) is 12.3 Å². The summed E-state index contributed by atoms with van der Waals surface area (Å²) in [5.74, 6) is 0.343. The Balaban J connectivity index is 1.31. The van der Waals surface area contributed by atoms with Crippen molar-refractivity contribution >= 4 is 17.5 Å². The Bertz CT molecular complexity index is 898. The van der Waals surface area contributed by atoms with E-state index in [1.165, 1.54) is 11.1 Å². The Morgan fingerprint density at radius 1 is 1.14 bits per heavy atom. The number of hydrogen-bond donors (Lipinski definition) is 1. The maximum absolute atomic E-state index is 12.7. The fourth-order valence-corrected chi connectivity index (χ4v) is 4.00. The summed E-state index contributed by atoms with van der Waals surface area (Å²) in [6, 6.07) is 15.9. The van der Waals surface area contributed by atoms with Crippen molar-refractivity contribution in [1.29, 1.82) is 0 Å². The summed E-state index contributed by atoms with van der Waals surface area (Å²) >= 11 is 0. The molecule has 0 saturated heterocycles. The molecule has 0 aromatic heterocycles. The van der Waals surface area contributed by atoms with Gasteiger partial charge >= 0.3 is 0 Å². The zero-order valence-electron chi connectivity index (χ0n) is 16.8. The van der Waals surface area contributed by atoms with Gasteiger partial charge in [-0.3, -0.25) is 19.4 Å². The summed E-state index contributed by atoms with van der Waals surface area (Å²) < 4.78 is 5.76. The highest BCUT2D eigenvalue weighted by Crippen LogP contribution is 2.34. The van der Waals surface area contributed by atoms with Crippen LogP contribution in [0.3, 0.4) is 0 Å². The lowest BCUT2D eigenvalue weighted by atomic mass is 10.00. The van der Waals surface area contributed by atoms with Crippen molar-refractivity contribution in [3.05, 3.63) is 59.7 Å². The van der Waals surface area contributed by atoms with Gasteiger partial charge in [-0.05, 0) is 36.1 Å². The molecule has 0 unspecified atom stereocenters. The zero-order valence-corrected chi connectivity index (χ0v) is 16.8. The van der Waals surface area contributed by atoms with Crippen LogP contribution in [-0.2, 0) is 22.6 Å². The average Bonchev–Trinajstić information content (AvgIpc) is 2.75. The van der Waals surface area contributed by atoms with Crippen LogP contribution in [-0.4, -0.2) is 49.0 Å². The highest BCUT2D eigenvalue weighted by atomic mass is 16.5. The van der Waals surface area contributed by atoms with Crippen LogP contribution >= 0.6 is 0 Å². The third kappa shape index (κ3) is 4.27. The van der Waals surface area contributed by atoms with Crippen LogP contribution in [0.1, 0.15) is 24.5 Å². The van der Waals surface area contributed by atoms with Crippen LogP contribution < -0.4 is 15.0 Å². The zero-order chi connectivity index (χ0) is 20.2. The van der Waals surface area contributed by atoms with Gasteiger partial charge < -0.3 is 10.1 Å². The van der Waals surface area contributed by atoms with Crippen molar-refractivity contribution < 1.29 is 14.3 Å². The number of anilines is 1. The second-order valence-corrected chi connectivity index (χ2v) is 7.55. The van der Waals surface area contributed by atoms with Gasteiger partial charge in [0.05, 0.1) is 5.69 Å². The molecule has 0 aliphatic carbocycles. The second-order valence-electron chi connectivity index (χ2n) is 7.55. The van der Waals surface area contributed by atoms with E-state index in [-0.39, 0.29) is 18.4 Å². The molecule has 4 rings (SSSR count). The van der Waals surface area contributed by atoms with E-state index < -0.39 is 6.10 Å². The van der Waals surface area contributed by atoms with Crippen LogP contribution in [0.2, 0.25) is 0 Å². The van der Waals surface area contributed by atoms with Gasteiger partial charge in [-0.2, -0.15) is 0 Å². The molecule has 1 N–H and O–H groups in total. The lowest BCUT2D eigenvalue weighted by molar-refractivity contribution is -0.129. The molecule has 2 aliphatic rings. The Kier molecular flexibility index (Phi) is 5.81. The monoisotopic (exact) mass is 393 g/mol. The number of nitrogens with zero attached hydrogens (tertiary/aromatic N) is 2. The molecule has 2 aromatic rings. The van der Waals surface area contributed by atoms with Crippen molar-refractivity contribution in [3.8, 4) is 5.75 Å². The third-order valence-electron chi connectivity index (χ3n) is 5.60. The molecule has 2 aromatic carbocycles. The van der Waals surface area contributed by atoms with Crippen molar-refractivity contribution in [2.24, 2.45) is 0 Å². The maximum atomic E-state index is 12.7. The van der Waals surface area contributed by atoms with Crippen LogP contribution in [0.5, 0.6) is 5.75 Å². The van der Waals surface area contributed by atoms with E-state index in [9.17, 15) is 9.59 Å². The molecule has 2 amide bonds. The van der Waals surface area contributed by atoms with Gasteiger partial charge in [-0.15, -0.1) is 0 Å². The Morgan fingerprint density at radius 2 is 1.90 bits per heavy atom. The summed E-state index contributed by atoms with van der Waals surface area (Å²) in [5.41, 5.74) is 3.44. The van der Waals surface area contributed by atoms with E-state index in [0.717, 1.165) is 26.1 Å². The molecule has 0 fully saturated rings. The van der Waals surface area contributed by atoms with Crippen molar-refractivity contribution in [1.82, 2.24) is 10.2 Å². The lowest BCUT2D eigenvalue weighted by Crippen LogP contribution is -2.50. The predicted octanol–water partition coefficient (Wildman–Crippen LogP) is 2.37. The quantitative estimate of drug-likeness (QED) is 0.819. The van der Waals surface area contributed by atoms with E-state index in [1.54, 1.807) is 4.90 Å². The molecule has 0 saturated carbocycles. The molecule has 29 heavy (non-hydrogen) atoms. The molecule has 0 radical (unpaired) electrons. The van der Waals surface area contributed by atoms with E-state index >= 15 is 0 Å². The van der Waals surface area contributed by atoms with E-state index in [2.05, 4.69) is 34.5 Å². The average molecular weight is 393 g/mol. The standard InChI is InChI=1S/C23H27N3O3/c1-2-20-23(28)26(19-9-5-6-10-21(19)29-20)16-22(27)24-12-14-25-13-11-17-7-3-4-8-18(17)15-25/h3-10,20H,2,11-16H2,1H3,(H,24,27)/t20-/m0/s1. The van der Waals surface area contributed by atoms with Crippen molar-refractivity contribution in [2.75, 3.05) is 31.1 Å². The molecule has 6 nitrogen and oxygen atoms in total. The highest BCUT2D eigenvalue weighted by Gasteiger charge is 2.34. The van der Waals surface area contributed by atoms with Crippen LogP contribution in [0.25, 0.3) is 0 Å². The van der Waals surface area contributed by atoms with E-state index in [0.29, 0.717) is 24.4 Å². The summed E-state index contributed by atoms with van der Waals surface area (Å²) in [7, 11) is 0. The number of hydrogen-bond acceptors (Lipinski definition) is 4. The van der Waals surface area contributed by atoms with Gasteiger partial charge in [0.15, 0.2) is 6.10 Å². The molecule has 0 spiro atoms. The topological polar surface area (TPSA) is 61.9 Å². The molecular weight excluding hydrogens is 366 g/mol. The first-order chi connectivity index (χ1) is 14.2. The maximum Gasteiger partial charge on any atom is 0.268 e. The molecular formula is C23H27N3O3. The van der Waals surface area contributed by atoms with Gasteiger partial charge in [-0.1, -0.05) is 43.3 Å². The summed E-state index contributed by atoms with van der Waals surface area (Å²) in [6.45, 7) is 5.20. The Morgan fingerprint density at radius 3 is 2.72 bits per heavy atom. The van der Waals surface area contributed by atoms with Gasteiger partial charge in [-0.25, -0.2) is 0 Å². The van der Waals surface area contributed by atoms with Crippen LogP contribution in [0.15, 0.2) is 48.5 Å². The number of ether oxygens (including phenoxy) is 1. The number of fused-ring (bicyclic) bond motifs is 2. The number of para-hydroxylation sites is 2. The molecule has 2 aliphatic heterocycles. The number of rotatable bonds is 6. The first kappa shape index (κ1) is 19.5. The van der Waals surface area contributed by atoms with Crippen molar-refractivity contribution in [2.45, 2.75) is 32.4 Å². The molecule has 2 heterocycles. The minimum Gasteiger partial charge on any atom is -0.478 e. The number of benzene rings is 2. The summed E-state index contributed by atoms with van der Waals surface area (Å²) in [5, 5.41) is 2.97. The lowest BCUT2D eigenvalue weighted by Gasteiger charge is -2.33. The predicted molar refractivity (Wildman–Crippen MR) is 112 cm³/mol. The van der Waals surface area contributed by atoms with Gasteiger partial charge in [0, 0.05) is 26.2 Å². The Labute approximate surface area is 171 Å². The minimum absolute atomic E-state index is 0.0124. The molecule has 1 atom stereocenters. The number of carbonyl (C=O) groups excluding carboxylic acids is 2. The van der Waals surface area contributed by atoms with Gasteiger partial charge in [0.2, 0.25) is 5.91 Å². The number of nitrogens with one attached hydrogen (secondary N) is 1. The fourth-order valence-electron chi connectivity index (χ4n) is 4.00. The van der Waals surface area contributed by atoms with Crippen molar-refractivity contribution in [3.63, 3.8) is 0 Å². The summed E-state index contributed by atoms with van der Waals surface area (Å²) in [4.78, 5) is 29.1. The normalized spacial score (nSPS) is 18.6. The third-order valence-corrected chi connectivity index (χ3v) is 5.60. The molecule has 0 bridgehead atoms. The van der Waals surface area contributed by atoms with Gasteiger partial charge in [0.25, 0.3) is 5.91 Å². The molecule has 6 heteroatoms. The fraction of sp³-hybridized carbons (Fsp3) is 0.391. The minimum atomic E-state index is -0.536. The number of amides is 2.